The molecule has 1 atom stereocenters. The summed E-state index contributed by atoms with van der Waals surface area (Å²) in [7, 11) is 0. The Hall–Kier alpha value is -2.36. The van der Waals surface area contributed by atoms with Crippen molar-refractivity contribution in [1.29, 1.82) is 0 Å². The van der Waals surface area contributed by atoms with Gasteiger partial charge < -0.3 is 10.0 Å². The molecule has 0 fully saturated rings. The summed E-state index contributed by atoms with van der Waals surface area (Å²) in [5.41, 5.74) is 2.19. The van der Waals surface area contributed by atoms with Crippen LogP contribution in [0.25, 0.3) is 0 Å². The molecular formula is C17H20N2O2. The Morgan fingerprint density at radius 2 is 1.95 bits per heavy atom. The molecule has 0 saturated heterocycles. The predicted molar refractivity (Wildman–Crippen MR) is 83.4 cm³/mol. The summed E-state index contributed by atoms with van der Waals surface area (Å²) in [4.78, 5) is 17.4. The van der Waals surface area contributed by atoms with E-state index >= 15 is 0 Å². The molecule has 0 aliphatic carbocycles. The maximum atomic E-state index is 10.9. The van der Waals surface area contributed by atoms with Gasteiger partial charge in [-0.05, 0) is 31.0 Å². The summed E-state index contributed by atoms with van der Waals surface area (Å²) in [5.74, 6) is 0.0453. The van der Waals surface area contributed by atoms with E-state index in [1.54, 1.807) is 6.20 Å². The zero-order valence-electron chi connectivity index (χ0n) is 12.4. The van der Waals surface area contributed by atoms with Crippen molar-refractivity contribution < 1.29 is 9.90 Å². The Kier molecular flexibility index (Phi) is 4.93. The minimum atomic E-state index is -0.797. The second kappa shape index (κ2) is 6.88. The molecule has 1 N–H and O–H groups in total. The van der Waals surface area contributed by atoms with Gasteiger partial charge in [0.15, 0.2) is 0 Å². The van der Waals surface area contributed by atoms with Gasteiger partial charge in [0.1, 0.15) is 5.82 Å². The van der Waals surface area contributed by atoms with Gasteiger partial charge in [-0.2, -0.15) is 0 Å². The quantitative estimate of drug-likeness (QED) is 0.883. The molecule has 0 saturated carbocycles. The molecule has 110 valence electrons. The molecular weight excluding hydrogens is 264 g/mol. The third-order valence-electron chi connectivity index (χ3n) is 3.57. The van der Waals surface area contributed by atoms with Gasteiger partial charge in [0.25, 0.3) is 0 Å². The summed E-state index contributed by atoms with van der Waals surface area (Å²) >= 11 is 0. The van der Waals surface area contributed by atoms with Crippen molar-refractivity contribution in [3.63, 3.8) is 0 Å². The minimum absolute atomic E-state index is 0.0687. The monoisotopic (exact) mass is 284 g/mol. The molecule has 0 bridgehead atoms. The zero-order valence-corrected chi connectivity index (χ0v) is 12.4. The fraction of sp³-hybridized carbons (Fsp3) is 0.294. The van der Waals surface area contributed by atoms with Crippen molar-refractivity contribution in [1.82, 2.24) is 4.98 Å². The lowest BCUT2D eigenvalue weighted by molar-refractivity contribution is -0.136. The first-order valence-corrected chi connectivity index (χ1v) is 7.04. The Labute approximate surface area is 125 Å². The molecule has 0 amide bonds. The minimum Gasteiger partial charge on any atom is -0.481 e. The lowest BCUT2D eigenvalue weighted by Gasteiger charge is -2.31. The van der Waals surface area contributed by atoms with Crippen LogP contribution in [-0.4, -0.2) is 22.6 Å². The lowest BCUT2D eigenvalue weighted by Crippen LogP contribution is -2.30. The second-order valence-electron chi connectivity index (χ2n) is 5.07. The SMILES string of the molecule is Cc1cccnc1N(CCC(=O)O)C(C)c1ccccc1. The first kappa shape index (κ1) is 15.0. The molecule has 21 heavy (non-hydrogen) atoms. The van der Waals surface area contributed by atoms with E-state index in [0.29, 0.717) is 6.54 Å². The van der Waals surface area contributed by atoms with E-state index in [2.05, 4.69) is 28.9 Å². The zero-order chi connectivity index (χ0) is 15.2. The number of aliphatic carboxylic acids is 1. The number of hydrogen-bond donors (Lipinski definition) is 1. The average Bonchev–Trinajstić information content (AvgIpc) is 2.49. The predicted octanol–water partition coefficient (Wildman–Crippen LogP) is 3.43. The number of carboxylic acids is 1. The van der Waals surface area contributed by atoms with Gasteiger partial charge in [0.05, 0.1) is 12.5 Å². The highest BCUT2D eigenvalue weighted by molar-refractivity contribution is 5.67. The first-order valence-electron chi connectivity index (χ1n) is 7.04. The maximum Gasteiger partial charge on any atom is 0.305 e. The first-order chi connectivity index (χ1) is 10.1. The van der Waals surface area contributed by atoms with Crippen LogP contribution in [0.1, 0.15) is 30.5 Å². The number of carbonyl (C=O) groups is 1. The van der Waals surface area contributed by atoms with E-state index in [1.807, 2.05) is 37.3 Å². The normalized spacial score (nSPS) is 11.9. The number of benzene rings is 1. The van der Waals surface area contributed by atoms with Crippen LogP contribution in [0, 0.1) is 6.92 Å². The van der Waals surface area contributed by atoms with Crippen LogP contribution in [0.15, 0.2) is 48.7 Å². The van der Waals surface area contributed by atoms with E-state index in [0.717, 1.165) is 16.9 Å². The van der Waals surface area contributed by atoms with Gasteiger partial charge in [-0.3, -0.25) is 4.79 Å². The van der Waals surface area contributed by atoms with Crippen LogP contribution in [-0.2, 0) is 4.79 Å². The molecule has 1 unspecified atom stereocenters. The van der Waals surface area contributed by atoms with Crippen molar-refractivity contribution in [3.05, 3.63) is 59.8 Å². The molecule has 1 aromatic heterocycles. The van der Waals surface area contributed by atoms with Crippen LogP contribution in [0.3, 0.4) is 0 Å². The molecule has 0 spiro atoms. The third kappa shape index (κ3) is 3.81. The van der Waals surface area contributed by atoms with Gasteiger partial charge in [0.2, 0.25) is 0 Å². The molecule has 1 heterocycles. The van der Waals surface area contributed by atoms with Crippen LogP contribution >= 0.6 is 0 Å². The number of aryl methyl sites for hydroxylation is 1. The van der Waals surface area contributed by atoms with Crippen molar-refractivity contribution >= 4 is 11.8 Å². The number of aromatic nitrogens is 1. The smallest absolute Gasteiger partial charge is 0.305 e. The highest BCUT2D eigenvalue weighted by atomic mass is 16.4. The van der Waals surface area contributed by atoms with Gasteiger partial charge in [-0.15, -0.1) is 0 Å². The lowest BCUT2D eigenvalue weighted by atomic mass is 10.1. The van der Waals surface area contributed by atoms with Gasteiger partial charge in [-0.1, -0.05) is 36.4 Å². The topological polar surface area (TPSA) is 53.4 Å². The fourth-order valence-electron chi connectivity index (χ4n) is 2.39. The Balaban J connectivity index is 2.32. The summed E-state index contributed by atoms with van der Waals surface area (Å²) in [6.45, 7) is 4.50. The number of nitrogens with zero attached hydrogens (tertiary/aromatic N) is 2. The highest BCUT2D eigenvalue weighted by Gasteiger charge is 2.19. The van der Waals surface area contributed by atoms with Crippen molar-refractivity contribution in [3.8, 4) is 0 Å². The summed E-state index contributed by atoms with van der Waals surface area (Å²) in [6.07, 6.45) is 1.83. The number of anilines is 1. The van der Waals surface area contributed by atoms with Crippen molar-refractivity contribution in [2.45, 2.75) is 26.3 Å². The number of carboxylic acid groups (broad SMARTS) is 1. The third-order valence-corrected chi connectivity index (χ3v) is 3.57. The largest absolute Gasteiger partial charge is 0.481 e. The van der Waals surface area contributed by atoms with Gasteiger partial charge in [0, 0.05) is 12.7 Å². The molecule has 1 aromatic carbocycles. The average molecular weight is 284 g/mol. The molecule has 2 aromatic rings. The Morgan fingerprint density at radius 3 is 2.57 bits per heavy atom. The van der Waals surface area contributed by atoms with Crippen LogP contribution in [0.4, 0.5) is 5.82 Å². The molecule has 0 aliphatic heterocycles. The van der Waals surface area contributed by atoms with Crippen molar-refractivity contribution in [2.75, 3.05) is 11.4 Å². The Bertz CT molecular complexity index is 599. The molecule has 0 aliphatic rings. The number of hydrogen-bond acceptors (Lipinski definition) is 3. The molecule has 2 rings (SSSR count). The van der Waals surface area contributed by atoms with E-state index in [1.165, 1.54) is 0 Å². The fourth-order valence-corrected chi connectivity index (χ4v) is 2.39. The van der Waals surface area contributed by atoms with E-state index < -0.39 is 5.97 Å². The highest BCUT2D eigenvalue weighted by Crippen LogP contribution is 2.27. The standard InChI is InChI=1S/C17H20N2O2/c1-13-7-6-11-18-17(13)19(12-10-16(20)21)14(2)15-8-4-3-5-9-15/h3-9,11,14H,10,12H2,1-2H3,(H,20,21). The van der Waals surface area contributed by atoms with Crippen LogP contribution in [0.5, 0.6) is 0 Å². The molecule has 0 radical (unpaired) electrons. The molecule has 4 heteroatoms. The maximum absolute atomic E-state index is 10.9. The summed E-state index contributed by atoms with van der Waals surface area (Å²) in [6, 6.07) is 14.0. The van der Waals surface area contributed by atoms with E-state index in [4.69, 9.17) is 5.11 Å². The number of pyridine rings is 1. The molecule has 4 nitrogen and oxygen atoms in total. The van der Waals surface area contributed by atoms with Gasteiger partial charge >= 0.3 is 5.97 Å². The van der Waals surface area contributed by atoms with Crippen LogP contribution in [0.2, 0.25) is 0 Å². The van der Waals surface area contributed by atoms with E-state index in [-0.39, 0.29) is 12.5 Å². The van der Waals surface area contributed by atoms with Crippen LogP contribution < -0.4 is 4.90 Å². The second-order valence-corrected chi connectivity index (χ2v) is 5.07. The summed E-state index contributed by atoms with van der Waals surface area (Å²) in [5, 5.41) is 8.98. The van der Waals surface area contributed by atoms with E-state index in [9.17, 15) is 4.79 Å². The Morgan fingerprint density at radius 1 is 1.24 bits per heavy atom. The summed E-state index contributed by atoms with van der Waals surface area (Å²) < 4.78 is 0. The number of rotatable bonds is 6. The van der Waals surface area contributed by atoms with Gasteiger partial charge in [-0.25, -0.2) is 4.98 Å². The van der Waals surface area contributed by atoms with Crippen molar-refractivity contribution in [2.24, 2.45) is 0 Å².